The smallest absolute Gasteiger partial charge is 0.403 e. The van der Waals surface area contributed by atoms with Crippen molar-refractivity contribution >= 4 is 5.91 Å². The lowest BCUT2D eigenvalue weighted by Gasteiger charge is -2.13. The molecule has 1 aromatic carbocycles. The number of para-hydroxylation sites is 2. The highest BCUT2D eigenvalue weighted by molar-refractivity contribution is 5.92. The zero-order valence-corrected chi connectivity index (χ0v) is 10.3. The summed E-state index contributed by atoms with van der Waals surface area (Å²) in [4.78, 5) is 11.3. The Kier molecular flexibility index (Phi) is 3.39. The van der Waals surface area contributed by atoms with Crippen LogP contribution in [0.25, 0.3) is 5.69 Å². The van der Waals surface area contributed by atoms with Crippen molar-refractivity contribution in [2.24, 2.45) is 5.73 Å². The Morgan fingerprint density at radius 3 is 2.60 bits per heavy atom. The lowest BCUT2D eigenvalue weighted by atomic mass is 10.3. The molecular weight excluding hydrogens is 275 g/mol. The van der Waals surface area contributed by atoms with Crippen molar-refractivity contribution in [2.75, 3.05) is 0 Å². The van der Waals surface area contributed by atoms with E-state index in [9.17, 15) is 18.0 Å². The summed E-state index contributed by atoms with van der Waals surface area (Å²) in [5.41, 5.74) is 5.58. The second-order valence-electron chi connectivity index (χ2n) is 3.96. The van der Waals surface area contributed by atoms with Crippen molar-refractivity contribution in [3.63, 3.8) is 0 Å². The van der Waals surface area contributed by atoms with Gasteiger partial charge in [0.2, 0.25) is 0 Å². The van der Waals surface area contributed by atoms with Crippen LogP contribution in [0.5, 0.6) is 5.75 Å². The van der Waals surface area contributed by atoms with Gasteiger partial charge >= 0.3 is 6.36 Å². The zero-order valence-electron chi connectivity index (χ0n) is 10.3. The van der Waals surface area contributed by atoms with Crippen molar-refractivity contribution in [3.8, 4) is 11.4 Å². The van der Waals surface area contributed by atoms with Crippen molar-refractivity contribution in [3.05, 3.63) is 41.7 Å². The minimum absolute atomic E-state index is 0.0216. The van der Waals surface area contributed by atoms with Crippen LogP contribution >= 0.6 is 0 Å². The number of alkyl halides is 3. The molecule has 0 radical (unpaired) electrons. The van der Waals surface area contributed by atoms with E-state index in [0.717, 1.165) is 10.7 Å². The van der Waals surface area contributed by atoms with Gasteiger partial charge < -0.3 is 10.5 Å². The number of benzene rings is 1. The van der Waals surface area contributed by atoms with E-state index in [-0.39, 0.29) is 11.4 Å². The minimum atomic E-state index is -4.84. The summed E-state index contributed by atoms with van der Waals surface area (Å²) in [5, 5.41) is 3.96. The molecule has 5 nitrogen and oxygen atoms in total. The normalized spacial score (nSPS) is 11.4. The predicted octanol–water partition coefficient (Wildman–Crippen LogP) is 2.18. The molecule has 0 saturated carbocycles. The van der Waals surface area contributed by atoms with Gasteiger partial charge in [-0.15, -0.1) is 13.2 Å². The van der Waals surface area contributed by atoms with Gasteiger partial charge in [-0.1, -0.05) is 12.1 Å². The van der Waals surface area contributed by atoms with Crippen molar-refractivity contribution in [1.82, 2.24) is 9.78 Å². The first-order valence-corrected chi connectivity index (χ1v) is 5.49. The Balaban J connectivity index is 2.56. The average molecular weight is 285 g/mol. The first-order valence-electron chi connectivity index (χ1n) is 5.49. The zero-order chi connectivity index (χ0) is 14.9. The number of carbonyl (C=O) groups is 1. The number of amides is 1. The third-order valence-corrected chi connectivity index (χ3v) is 2.40. The van der Waals surface area contributed by atoms with E-state index in [2.05, 4.69) is 9.84 Å². The van der Waals surface area contributed by atoms with Gasteiger partial charge in [0.1, 0.15) is 11.4 Å². The van der Waals surface area contributed by atoms with Crippen LogP contribution in [0.3, 0.4) is 0 Å². The lowest BCUT2D eigenvalue weighted by molar-refractivity contribution is -0.274. The van der Waals surface area contributed by atoms with Crippen LogP contribution in [0.4, 0.5) is 13.2 Å². The van der Waals surface area contributed by atoms with Crippen LogP contribution in [-0.2, 0) is 0 Å². The maximum Gasteiger partial charge on any atom is 0.573 e. The maximum absolute atomic E-state index is 12.4. The molecule has 0 aliphatic carbocycles. The van der Waals surface area contributed by atoms with Gasteiger partial charge in [-0.2, -0.15) is 5.10 Å². The number of hydrogen-bond acceptors (Lipinski definition) is 3. The SMILES string of the molecule is Cc1cc(C(N)=O)n(-c2ccccc2OC(F)(F)F)n1. The minimum Gasteiger partial charge on any atom is -0.403 e. The number of rotatable bonds is 3. The fourth-order valence-corrected chi connectivity index (χ4v) is 1.70. The molecule has 0 aliphatic rings. The van der Waals surface area contributed by atoms with E-state index >= 15 is 0 Å². The second kappa shape index (κ2) is 4.87. The summed E-state index contributed by atoms with van der Waals surface area (Å²) >= 11 is 0. The van der Waals surface area contributed by atoms with Crippen LogP contribution in [0.2, 0.25) is 0 Å². The third-order valence-electron chi connectivity index (χ3n) is 2.40. The lowest BCUT2D eigenvalue weighted by Crippen LogP contribution is -2.20. The largest absolute Gasteiger partial charge is 0.573 e. The van der Waals surface area contributed by atoms with E-state index < -0.39 is 18.0 Å². The molecule has 0 fully saturated rings. The Morgan fingerprint density at radius 1 is 1.35 bits per heavy atom. The second-order valence-corrected chi connectivity index (χ2v) is 3.96. The maximum atomic E-state index is 12.4. The highest BCUT2D eigenvalue weighted by atomic mass is 19.4. The molecule has 8 heteroatoms. The summed E-state index contributed by atoms with van der Waals surface area (Å²) in [6.45, 7) is 1.59. The molecule has 1 amide bonds. The Labute approximate surface area is 111 Å². The molecular formula is C12H10F3N3O2. The van der Waals surface area contributed by atoms with E-state index in [1.165, 1.54) is 24.3 Å². The van der Waals surface area contributed by atoms with Gasteiger partial charge in [-0.05, 0) is 25.1 Å². The van der Waals surface area contributed by atoms with Crippen LogP contribution in [0, 0.1) is 6.92 Å². The molecule has 1 aromatic heterocycles. The summed E-state index contributed by atoms with van der Waals surface area (Å²) in [6, 6.07) is 6.74. The average Bonchev–Trinajstić information content (AvgIpc) is 2.70. The van der Waals surface area contributed by atoms with Gasteiger partial charge in [-0.25, -0.2) is 4.68 Å². The summed E-state index contributed by atoms with van der Waals surface area (Å²) < 4.78 is 42.0. The first-order chi connectivity index (χ1) is 9.28. The highest BCUT2D eigenvalue weighted by Gasteiger charge is 2.32. The van der Waals surface area contributed by atoms with E-state index in [0.29, 0.717) is 5.69 Å². The number of hydrogen-bond donors (Lipinski definition) is 1. The molecule has 0 unspecified atom stereocenters. The summed E-state index contributed by atoms with van der Waals surface area (Å²) in [7, 11) is 0. The fraction of sp³-hybridized carbons (Fsp3) is 0.167. The molecule has 106 valence electrons. The topological polar surface area (TPSA) is 70.1 Å². The quantitative estimate of drug-likeness (QED) is 0.939. The number of halogens is 3. The molecule has 20 heavy (non-hydrogen) atoms. The molecule has 0 saturated heterocycles. The van der Waals surface area contributed by atoms with E-state index in [4.69, 9.17) is 5.73 Å². The van der Waals surface area contributed by atoms with Gasteiger partial charge in [0, 0.05) is 0 Å². The van der Waals surface area contributed by atoms with Crippen LogP contribution < -0.4 is 10.5 Å². The highest BCUT2D eigenvalue weighted by Crippen LogP contribution is 2.29. The van der Waals surface area contributed by atoms with Crippen molar-refractivity contribution in [2.45, 2.75) is 13.3 Å². The molecule has 0 aliphatic heterocycles. The number of aryl methyl sites for hydroxylation is 1. The molecule has 1 heterocycles. The third kappa shape index (κ3) is 2.90. The van der Waals surface area contributed by atoms with Gasteiger partial charge in [0.25, 0.3) is 5.91 Å². The van der Waals surface area contributed by atoms with Crippen molar-refractivity contribution < 1.29 is 22.7 Å². The van der Waals surface area contributed by atoms with Gasteiger partial charge in [-0.3, -0.25) is 4.79 Å². The van der Waals surface area contributed by atoms with Crippen LogP contribution in [0.15, 0.2) is 30.3 Å². The number of aromatic nitrogens is 2. The Hall–Kier alpha value is -2.51. The summed E-state index contributed by atoms with van der Waals surface area (Å²) in [5.74, 6) is -1.27. The van der Waals surface area contributed by atoms with Gasteiger partial charge in [0.15, 0.2) is 5.75 Å². The molecule has 0 atom stereocenters. The van der Waals surface area contributed by atoms with Crippen LogP contribution in [0.1, 0.15) is 16.2 Å². The molecule has 2 N–H and O–H groups in total. The number of primary amides is 1. The standard InChI is InChI=1S/C12H10F3N3O2/c1-7-6-9(11(16)19)18(17-7)8-4-2-3-5-10(8)20-12(13,14)15/h2-6H,1H3,(H2,16,19). The number of nitrogens with zero attached hydrogens (tertiary/aromatic N) is 2. The number of carbonyl (C=O) groups excluding carboxylic acids is 1. The molecule has 2 aromatic rings. The first kappa shape index (κ1) is 13.9. The Morgan fingerprint density at radius 2 is 2.00 bits per heavy atom. The van der Waals surface area contributed by atoms with Crippen molar-refractivity contribution in [1.29, 1.82) is 0 Å². The Bertz CT molecular complexity index is 650. The molecule has 0 spiro atoms. The fourth-order valence-electron chi connectivity index (χ4n) is 1.70. The molecule has 0 bridgehead atoms. The van der Waals surface area contributed by atoms with E-state index in [1.54, 1.807) is 6.92 Å². The van der Waals surface area contributed by atoms with Gasteiger partial charge in [0.05, 0.1) is 5.69 Å². The number of ether oxygens (including phenoxy) is 1. The van der Waals surface area contributed by atoms with Crippen LogP contribution in [-0.4, -0.2) is 22.1 Å². The summed E-state index contributed by atoms with van der Waals surface area (Å²) in [6.07, 6.45) is -4.84. The number of nitrogens with two attached hydrogens (primary N) is 1. The predicted molar refractivity (Wildman–Crippen MR) is 63.5 cm³/mol. The monoisotopic (exact) mass is 285 g/mol. The van der Waals surface area contributed by atoms with E-state index in [1.807, 2.05) is 0 Å². The molecule has 2 rings (SSSR count).